The van der Waals surface area contributed by atoms with Gasteiger partial charge in [-0.15, -0.1) is 0 Å². The number of fused-ring (bicyclic) bond motifs is 1. The molecule has 0 aliphatic carbocycles. The Bertz CT molecular complexity index is 317. The predicted octanol–water partition coefficient (Wildman–Crippen LogP) is 1.56. The molecule has 3 saturated heterocycles. The normalized spacial score (nSPS) is 33.3. The van der Waals surface area contributed by atoms with Gasteiger partial charge in [-0.1, -0.05) is 13.8 Å². The maximum Gasteiger partial charge on any atom is 0.0594 e. The summed E-state index contributed by atoms with van der Waals surface area (Å²) in [5, 5.41) is 4.01. The van der Waals surface area contributed by atoms with Crippen LogP contribution in [0.5, 0.6) is 0 Å². The first-order chi connectivity index (χ1) is 10.2. The average molecular weight is 295 g/mol. The molecule has 3 fully saturated rings. The molecule has 0 saturated carbocycles. The number of nitrogens with one attached hydrogen (secondary N) is 1. The molecule has 0 radical (unpaired) electrons. The monoisotopic (exact) mass is 295 g/mol. The summed E-state index contributed by atoms with van der Waals surface area (Å²) < 4.78 is 5.47. The summed E-state index contributed by atoms with van der Waals surface area (Å²) in [4.78, 5) is 5.29. The largest absolute Gasteiger partial charge is 0.379 e. The molecule has 0 aromatic carbocycles. The second-order valence-corrected chi connectivity index (χ2v) is 7.48. The number of hydrogen-bond acceptors (Lipinski definition) is 4. The lowest BCUT2D eigenvalue weighted by molar-refractivity contribution is 0.0289. The van der Waals surface area contributed by atoms with Gasteiger partial charge in [-0.25, -0.2) is 0 Å². The van der Waals surface area contributed by atoms with Crippen molar-refractivity contribution in [2.75, 3.05) is 45.9 Å². The van der Waals surface area contributed by atoms with Crippen molar-refractivity contribution in [3.05, 3.63) is 0 Å². The average Bonchev–Trinajstić information content (AvgIpc) is 2.95. The first-order valence-corrected chi connectivity index (χ1v) is 9.02. The number of nitrogens with zero attached hydrogens (tertiary/aromatic N) is 2. The number of morpholine rings is 1. The summed E-state index contributed by atoms with van der Waals surface area (Å²) in [7, 11) is 0. The van der Waals surface area contributed by atoms with Crippen molar-refractivity contribution in [1.29, 1.82) is 0 Å². The maximum atomic E-state index is 5.47. The minimum Gasteiger partial charge on any atom is -0.379 e. The van der Waals surface area contributed by atoms with Gasteiger partial charge < -0.3 is 15.0 Å². The van der Waals surface area contributed by atoms with Crippen LogP contribution in [-0.2, 0) is 4.74 Å². The Morgan fingerprint density at radius 3 is 2.67 bits per heavy atom. The van der Waals surface area contributed by atoms with Crippen LogP contribution >= 0.6 is 0 Å². The van der Waals surface area contributed by atoms with Gasteiger partial charge in [-0.2, -0.15) is 0 Å². The van der Waals surface area contributed by atoms with Crippen LogP contribution < -0.4 is 5.32 Å². The fourth-order valence-corrected chi connectivity index (χ4v) is 4.20. The zero-order chi connectivity index (χ0) is 14.7. The van der Waals surface area contributed by atoms with E-state index in [1.807, 2.05) is 0 Å². The molecule has 0 aromatic heterocycles. The molecular weight excluding hydrogens is 262 g/mol. The fourth-order valence-electron chi connectivity index (χ4n) is 4.20. The number of piperidine rings is 1. The van der Waals surface area contributed by atoms with Crippen LogP contribution in [0.1, 0.15) is 39.5 Å². The summed E-state index contributed by atoms with van der Waals surface area (Å²) in [6.07, 6.45) is 5.54. The molecule has 0 spiro atoms. The first-order valence-electron chi connectivity index (χ1n) is 9.02. The highest BCUT2D eigenvalue weighted by Gasteiger charge is 2.33. The second kappa shape index (κ2) is 7.40. The quantitative estimate of drug-likeness (QED) is 0.833. The molecule has 3 aliphatic rings. The van der Waals surface area contributed by atoms with Crippen molar-refractivity contribution in [2.24, 2.45) is 5.92 Å². The van der Waals surface area contributed by atoms with Gasteiger partial charge in [0.25, 0.3) is 0 Å². The third kappa shape index (κ3) is 4.19. The Balaban J connectivity index is 1.49. The lowest BCUT2D eigenvalue weighted by Gasteiger charge is -2.39. The van der Waals surface area contributed by atoms with Gasteiger partial charge in [0.2, 0.25) is 0 Å². The van der Waals surface area contributed by atoms with E-state index in [1.165, 1.54) is 45.3 Å². The van der Waals surface area contributed by atoms with E-state index in [1.54, 1.807) is 0 Å². The molecule has 3 aliphatic heterocycles. The molecule has 4 nitrogen and oxygen atoms in total. The molecule has 122 valence electrons. The van der Waals surface area contributed by atoms with Crippen LogP contribution in [0.4, 0.5) is 0 Å². The lowest BCUT2D eigenvalue weighted by Crippen LogP contribution is -2.54. The third-order valence-corrected chi connectivity index (χ3v) is 5.63. The van der Waals surface area contributed by atoms with E-state index < -0.39 is 0 Å². The molecule has 0 unspecified atom stereocenters. The number of ether oxygens (including phenoxy) is 1. The van der Waals surface area contributed by atoms with Crippen LogP contribution in [0.2, 0.25) is 0 Å². The van der Waals surface area contributed by atoms with Crippen LogP contribution in [0, 0.1) is 5.92 Å². The molecule has 4 heteroatoms. The minimum absolute atomic E-state index is 0.626. The molecule has 0 amide bonds. The van der Waals surface area contributed by atoms with Crippen molar-refractivity contribution < 1.29 is 4.74 Å². The van der Waals surface area contributed by atoms with Gasteiger partial charge in [0.1, 0.15) is 0 Å². The fraction of sp³-hybridized carbons (Fsp3) is 1.00. The summed E-state index contributed by atoms with van der Waals surface area (Å²) in [6, 6.07) is 2.23. The van der Waals surface area contributed by atoms with E-state index in [0.29, 0.717) is 12.0 Å². The highest BCUT2D eigenvalue weighted by molar-refractivity contribution is 4.91. The SMILES string of the molecule is CC(C)[C@H](CN1CCOCC1)N[C@H]1CCN2CCC[C@H]2C1. The number of rotatable bonds is 5. The van der Waals surface area contributed by atoms with Crippen molar-refractivity contribution in [3.8, 4) is 0 Å². The molecule has 1 N–H and O–H groups in total. The maximum absolute atomic E-state index is 5.47. The van der Waals surface area contributed by atoms with Gasteiger partial charge in [-0.3, -0.25) is 4.90 Å². The zero-order valence-corrected chi connectivity index (χ0v) is 13.9. The molecule has 3 heterocycles. The summed E-state index contributed by atoms with van der Waals surface area (Å²) in [5.41, 5.74) is 0. The van der Waals surface area contributed by atoms with Gasteiger partial charge in [0.15, 0.2) is 0 Å². The lowest BCUT2D eigenvalue weighted by atomic mass is 9.94. The van der Waals surface area contributed by atoms with Crippen molar-refractivity contribution in [1.82, 2.24) is 15.1 Å². The van der Waals surface area contributed by atoms with E-state index in [2.05, 4.69) is 29.0 Å². The minimum atomic E-state index is 0.626. The Morgan fingerprint density at radius 2 is 1.90 bits per heavy atom. The van der Waals surface area contributed by atoms with Crippen LogP contribution in [0.3, 0.4) is 0 Å². The van der Waals surface area contributed by atoms with Gasteiger partial charge in [-0.05, 0) is 44.7 Å². The third-order valence-electron chi connectivity index (χ3n) is 5.63. The van der Waals surface area contributed by atoms with Crippen molar-refractivity contribution in [3.63, 3.8) is 0 Å². The topological polar surface area (TPSA) is 27.7 Å². The molecule has 0 bridgehead atoms. The summed E-state index contributed by atoms with van der Waals surface area (Å²) in [5.74, 6) is 0.703. The van der Waals surface area contributed by atoms with Crippen LogP contribution in [-0.4, -0.2) is 73.9 Å². The molecule has 0 aromatic rings. The van der Waals surface area contributed by atoms with E-state index in [9.17, 15) is 0 Å². The van der Waals surface area contributed by atoms with Crippen molar-refractivity contribution in [2.45, 2.75) is 57.7 Å². The zero-order valence-electron chi connectivity index (χ0n) is 13.9. The first kappa shape index (κ1) is 15.7. The molecule has 3 rings (SSSR count). The van der Waals surface area contributed by atoms with Crippen LogP contribution in [0.15, 0.2) is 0 Å². The predicted molar refractivity (Wildman–Crippen MR) is 86.6 cm³/mol. The Morgan fingerprint density at radius 1 is 1.10 bits per heavy atom. The second-order valence-electron chi connectivity index (χ2n) is 7.48. The molecular formula is C17H33N3O. The summed E-state index contributed by atoms with van der Waals surface area (Å²) in [6.45, 7) is 12.6. The highest BCUT2D eigenvalue weighted by Crippen LogP contribution is 2.27. The van der Waals surface area contributed by atoms with E-state index in [4.69, 9.17) is 4.74 Å². The number of hydrogen-bond donors (Lipinski definition) is 1. The van der Waals surface area contributed by atoms with Crippen molar-refractivity contribution >= 4 is 0 Å². The van der Waals surface area contributed by atoms with E-state index >= 15 is 0 Å². The smallest absolute Gasteiger partial charge is 0.0594 e. The molecule has 21 heavy (non-hydrogen) atoms. The van der Waals surface area contributed by atoms with Gasteiger partial charge in [0, 0.05) is 37.8 Å². The summed E-state index contributed by atoms with van der Waals surface area (Å²) >= 11 is 0. The Kier molecular flexibility index (Phi) is 5.54. The van der Waals surface area contributed by atoms with E-state index in [-0.39, 0.29) is 0 Å². The Hall–Kier alpha value is -0.160. The molecule has 3 atom stereocenters. The van der Waals surface area contributed by atoms with Gasteiger partial charge >= 0.3 is 0 Å². The Labute approximate surface area is 130 Å². The van der Waals surface area contributed by atoms with E-state index in [0.717, 1.165) is 38.4 Å². The van der Waals surface area contributed by atoms with Crippen LogP contribution in [0.25, 0.3) is 0 Å². The highest BCUT2D eigenvalue weighted by atomic mass is 16.5. The van der Waals surface area contributed by atoms with Gasteiger partial charge in [0.05, 0.1) is 13.2 Å². The standard InChI is InChI=1S/C17H33N3O/c1-14(2)17(13-19-8-10-21-11-9-19)18-15-5-7-20-6-3-4-16(20)12-15/h14-18H,3-13H2,1-2H3/t15-,16-,17-/m0/s1.